The lowest BCUT2D eigenvalue weighted by Gasteiger charge is -2.32. The third-order valence-electron chi connectivity index (χ3n) is 2.02. The number of piperazine rings is 1. The van der Waals surface area contributed by atoms with Gasteiger partial charge in [0.05, 0.1) is 6.61 Å². The fourth-order valence-corrected chi connectivity index (χ4v) is 1.34. The van der Waals surface area contributed by atoms with Gasteiger partial charge in [0.15, 0.2) is 0 Å². The highest BCUT2D eigenvalue weighted by atomic mass is 16.3. The Morgan fingerprint density at radius 2 is 2.55 bits per heavy atom. The maximum Gasteiger partial charge on any atom is 0.239 e. The van der Waals surface area contributed by atoms with Crippen molar-refractivity contribution in [3.63, 3.8) is 0 Å². The summed E-state index contributed by atoms with van der Waals surface area (Å²) in [6, 6.07) is -0.325. The lowest BCUT2D eigenvalue weighted by atomic mass is 10.2. The molecule has 0 saturated carbocycles. The molecule has 1 saturated heterocycles. The number of aliphatic hydroxyl groups excluding tert-OH is 1. The molecule has 2 N–H and O–H groups in total. The van der Waals surface area contributed by atoms with E-state index in [1.54, 1.807) is 0 Å². The number of carbonyl (C=O) groups excluding carboxylic acids is 1. The number of hydrogen-bond donors (Lipinski definition) is 2. The van der Waals surface area contributed by atoms with Crippen molar-refractivity contribution in [2.45, 2.75) is 13.0 Å². The highest BCUT2D eigenvalue weighted by Gasteiger charge is 2.27. The van der Waals surface area contributed by atoms with Crippen molar-refractivity contribution in [2.24, 2.45) is 0 Å². The van der Waals surface area contributed by atoms with Gasteiger partial charge >= 0.3 is 0 Å². The minimum absolute atomic E-state index is 0.0550. The second-order valence-electron chi connectivity index (χ2n) is 2.62. The molecule has 0 spiro atoms. The second-order valence-corrected chi connectivity index (χ2v) is 2.62. The van der Waals surface area contributed by atoms with Crippen molar-refractivity contribution in [2.75, 3.05) is 26.2 Å². The molecule has 4 heteroatoms. The number of aliphatic hydroxyl groups is 1. The number of carbonyl (C=O) groups is 1. The highest BCUT2D eigenvalue weighted by molar-refractivity contribution is 5.82. The molecule has 0 bridgehead atoms. The average Bonchev–Trinajstić information content (AvgIpc) is 2.04. The van der Waals surface area contributed by atoms with Crippen LogP contribution in [0.5, 0.6) is 0 Å². The Bertz CT molecular complexity index is 149. The summed E-state index contributed by atoms with van der Waals surface area (Å²) in [4.78, 5) is 13.1. The number of nitrogens with zero attached hydrogens (tertiary/aromatic N) is 1. The van der Waals surface area contributed by atoms with E-state index in [2.05, 4.69) is 5.32 Å². The molecule has 0 aromatic heterocycles. The summed E-state index contributed by atoms with van der Waals surface area (Å²) in [5.74, 6) is -0.0550. The SMILES string of the molecule is CCN1CCNC(=O)C1CO. The van der Waals surface area contributed by atoms with Gasteiger partial charge < -0.3 is 10.4 Å². The Morgan fingerprint density at radius 1 is 1.82 bits per heavy atom. The van der Waals surface area contributed by atoms with Crippen LogP contribution in [-0.2, 0) is 4.79 Å². The van der Waals surface area contributed by atoms with Gasteiger partial charge in [-0.1, -0.05) is 6.92 Å². The molecule has 1 unspecified atom stereocenters. The molecule has 0 radical (unpaired) electrons. The molecule has 0 aromatic carbocycles. The summed E-state index contributed by atoms with van der Waals surface area (Å²) in [5.41, 5.74) is 0. The van der Waals surface area contributed by atoms with E-state index < -0.39 is 0 Å². The molecule has 11 heavy (non-hydrogen) atoms. The van der Waals surface area contributed by atoms with Gasteiger partial charge in [-0.05, 0) is 6.54 Å². The van der Waals surface area contributed by atoms with Gasteiger partial charge in [0.2, 0.25) is 5.91 Å². The predicted octanol–water partition coefficient (Wildman–Crippen LogP) is -1.20. The fourth-order valence-electron chi connectivity index (χ4n) is 1.34. The number of nitrogens with one attached hydrogen (secondary N) is 1. The van der Waals surface area contributed by atoms with Crippen LogP contribution >= 0.6 is 0 Å². The zero-order valence-corrected chi connectivity index (χ0v) is 6.71. The Labute approximate surface area is 66.2 Å². The van der Waals surface area contributed by atoms with Crippen molar-refractivity contribution in [3.8, 4) is 0 Å². The molecule has 1 aliphatic heterocycles. The quantitative estimate of drug-likeness (QED) is 0.530. The third-order valence-corrected chi connectivity index (χ3v) is 2.02. The number of hydrogen-bond acceptors (Lipinski definition) is 3. The van der Waals surface area contributed by atoms with E-state index in [0.717, 1.165) is 13.1 Å². The van der Waals surface area contributed by atoms with Crippen LogP contribution in [0.2, 0.25) is 0 Å². The molecule has 64 valence electrons. The molecule has 1 atom stereocenters. The summed E-state index contributed by atoms with van der Waals surface area (Å²) in [7, 11) is 0. The normalized spacial score (nSPS) is 26.7. The van der Waals surface area contributed by atoms with Crippen molar-refractivity contribution >= 4 is 5.91 Å². The first-order valence-corrected chi connectivity index (χ1v) is 3.92. The summed E-state index contributed by atoms with van der Waals surface area (Å²) in [6.45, 7) is 4.26. The van der Waals surface area contributed by atoms with E-state index >= 15 is 0 Å². The van der Waals surface area contributed by atoms with Crippen molar-refractivity contribution < 1.29 is 9.90 Å². The smallest absolute Gasteiger partial charge is 0.239 e. The van der Waals surface area contributed by atoms with Gasteiger partial charge in [0.25, 0.3) is 0 Å². The Kier molecular flexibility index (Phi) is 2.84. The molecular weight excluding hydrogens is 144 g/mol. The molecule has 0 aliphatic carbocycles. The zero-order valence-electron chi connectivity index (χ0n) is 6.71. The monoisotopic (exact) mass is 158 g/mol. The summed E-state index contributed by atoms with van der Waals surface area (Å²) < 4.78 is 0. The standard InChI is InChI=1S/C7H14N2O2/c1-2-9-4-3-8-7(11)6(9)5-10/h6,10H,2-5H2,1H3,(H,8,11). The summed E-state index contributed by atoms with van der Waals surface area (Å²) in [5, 5.41) is 11.6. The first kappa shape index (κ1) is 8.49. The highest BCUT2D eigenvalue weighted by Crippen LogP contribution is 2.02. The van der Waals surface area contributed by atoms with Crippen LogP contribution in [0.3, 0.4) is 0 Å². The van der Waals surface area contributed by atoms with Crippen molar-refractivity contribution in [1.82, 2.24) is 10.2 Å². The van der Waals surface area contributed by atoms with Gasteiger partial charge in [-0.15, -0.1) is 0 Å². The molecule has 1 rings (SSSR count). The van der Waals surface area contributed by atoms with Gasteiger partial charge in [-0.3, -0.25) is 9.69 Å². The first-order chi connectivity index (χ1) is 5.29. The van der Waals surface area contributed by atoms with E-state index in [1.807, 2.05) is 11.8 Å². The average molecular weight is 158 g/mol. The summed E-state index contributed by atoms with van der Waals surface area (Å²) >= 11 is 0. The minimum Gasteiger partial charge on any atom is -0.394 e. The largest absolute Gasteiger partial charge is 0.394 e. The van der Waals surface area contributed by atoms with E-state index in [0.29, 0.717) is 6.54 Å². The van der Waals surface area contributed by atoms with Crippen molar-refractivity contribution in [3.05, 3.63) is 0 Å². The van der Waals surface area contributed by atoms with E-state index in [-0.39, 0.29) is 18.6 Å². The number of amides is 1. The number of rotatable bonds is 2. The molecule has 4 nitrogen and oxygen atoms in total. The van der Waals surface area contributed by atoms with E-state index in [9.17, 15) is 4.79 Å². The molecule has 1 aliphatic rings. The van der Waals surface area contributed by atoms with Crippen LogP contribution in [0, 0.1) is 0 Å². The molecule has 1 fully saturated rings. The Hall–Kier alpha value is -0.610. The predicted molar refractivity (Wildman–Crippen MR) is 41.1 cm³/mol. The number of likely N-dealkylation sites (N-methyl/N-ethyl adjacent to an activating group) is 1. The molecule has 1 amide bonds. The van der Waals surface area contributed by atoms with Gasteiger partial charge in [0.1, 0.15) is 6.04 Å². The lowest BCUT2D eigenvalue weighted by molar-refractivity contribution is -0.130. The lowest BCUT2D eigenvalue weighted by Crippen LogP contribution is -2.56. The molecule has 1 heterocycles. The minimum atomic E-state index is -0.325. The van der Waals surface area contributed by atoms with Crippen LogP contribution in [0.25, 0.3) is 0 Å². The second kappa shape index (κ2) is 3.69. The van der Waals surface area contributed by atoms with Crippen LogP contribution in [0.4, 0.5) is 0 Å². The van der Waals surface area contributed by atoms with E-state index in [4.69, 9.17) is 5.11 Å². The topological polar surface area (TPSA) is 52.6 Å². The first-order valence-electron chi connectivity index (χ1n) is 3.92. The Morgan fingerprint density at radius 3 is 3.00 bits per heavy atom. The maximum atomic E-state index is 11.1. The third kappa shape index (κ3) is 1.70. The van der Waals surface area contributed by atoms with Gasteiger partial charge in [0, 0.05) is 13.1 Å². The van der Waals surface area contributed by atoms with E-state index in [1.165, 1.54) is 0 Å². The van der Waals surface area contributed by atoms with Crippen LogP contribution in [-0.4, -0.2) is 48.2 Å². The summed E-state index contributed by atoms with van der Waals surface area (Å²) in [6.07, 6.45) is 0. The maximum absolute atomic E-state index is 11.1. The van der Waals surface area contributed by atoms with Crippen molar-refractivity contribution in [1.29, 1.82) is 0 Å². The zero-order chi connectivity index (χ0) is 8.27. The van der Waals surface area contributed by atoms with Crippen LogP contribution < -0.4 is 5.32 Å². The Balaban J connectivity index is 2.56. The van der Waals surface area contributed by atoms with Crippen LogP contribution in [0.15, 0.2) is 0 Å². The van der Waals surface area contributed by atoms with Gasteiger partial charge in [-0.25, -0.2) is 0 Å². The molecule has 0 aromatic rings. The molecular formula is C7H14N2O2. The fraction of sp³-hybridized carbons (Fsp3) is 0.857. The van der Waals surface area contributed by atoms with Gasteiger partial charge in [-0.2, -0.15) is 0 Å². The van der Waals surface area contributed by atoms with Crippen LogP contribution in [0.1, 0.15) is 6.92 Å².